The maximum Gasteiger partial charge on any atom is 0.119 e. The molecule has 1 heterocycles. The number of aryl methyl sites for hydroxylation is 1. The molecule has 1 aromatic heterocycles. The Labute approximate surface area is 88.7 Å². The number of aliphatic hydroxyl groups is 1. The van der Waals surface area contributed by atoms with Crippen molar-refractivity contribution in [2.45, 2.75) is 37.2 Å². The molecule has 0 aliphatic carbocycles. The second-order valence-electron chi connectivity index (χ2n) is 3.47. The number of rotatable bonds is 3. The van der Waals surface area contributed by atoms with E-state index in [-0.39, 0.29) is 11.4 Å². The topological polar surface area (TPSA) is 59.1 Å². The molecule has 1 rings (SSSR count). The number of hydrogen-bond acceptors (Lipinski definition) is 4. The zero-order valence-corrected chi connectivity index (χ0v) is 9.51. The summed E-state index contributed by atoms with van der Waals surface area (Å²) in [7, 11) is 0. The molecule has 3 nitrogen and oxygen atoms in total. The van der Waals surface area contributed by atoms with Crippen LogP contribution in [-0.4, -0.2) is 21.4 Å². The Bertz CT molecular complexity index is 315. The fraction of sp³-hybridized carbons (Fsp3) is 0.500. The Morgan fingerprint density at radius 2 is 2.14 bits per heavy atom. The van der Waals surface area contributed by atoms with E-state index in [0.717, 1.165) is 10.6 Å². The van der Waals surface area contributed by atoms with Gasteiger partial charge in [-0.1, -0.05) is 18.7 Å². The van der Waals surface area contributed by atoms with Crippen LogP contribution in [0, 0.1) is 6.92 Å². The molecule has 0 saturated carbocycles. The molecule has 0 spiro atoms. The van der Waals surface area contributed by atoms with Gasteiger partial charge in [0.25, 0.3) is 0 Å². The predicted molar refractivity (Wildman–Crippen MR) is 60.4 cm³/mol. The molecule has 3 N–H and O–H groups in total. The summed E-state index contributed by atoms with van der Waals surface area (Å²) >= 11 is 1.50. The summed E-state index contributed by atoms with van der Waals surface area (Å²) in [6.07, 6.45) is 1.43. The van der Waals surface area contributed by atoms with Crippen molar-refractivity contribution in [3.63, 3.8) is 0 Å². The van der Waals surface area contributed by atoms with E-state index < -0.39 is 0 Å². The first-order chi connectivity index (χ1) is 6.50. The Balaban J connectivity index is 2.77. The molecule has 0 bridgehead atoms. The maximum absolute atomic E-state index is 9.34. The summed E-state index contributed by atoms with van der Waals surface area (Å²) in [6, 6.07) is 1.89. The van der Waals surface area contributed by atoms with Crippen molar-refractivity contribution in [1.29, 1.82) is 0 Å². The van der Waals surface area contributed by atoms with Crippen LogP contribution in [0.4, 0.5) is 5.69 Å². The highest BCUT2D eigenvalue weighted by molar-refractivity contribution is 8.00. The van der Waals surface area contributed by atoms with Gasteiger partial charge in [0.15, 0.2) is 0 Å². The first-order valence-electron chi connectivity index (χ1n) is 4.57. The predicted octanol–water partition coefficient (Wildman–Crippen LogP) is 1.83. The van der Waals surface area contributed by atoms with Crippen molar-refractivity contribution in [3.8, 4) is 0 Å². The lowest BCUT2D eigenvalue weighted by molar-refractivity contribution is 0.196. The van der Waals surface area contributed by atoms with Crippen LogP contribution in [0.5, 0.6) is 0 Å². The van der Waals surface area contributed by atoms with E-state index in [1.54, 1.807) is 13.1 Å². The summed E-state index contributed by atoms with van der Waals surface area (Å²) in [5, 5.41) is 10.2. The van der Waals surface area contributed by atoms with Crippen molar-refractivity contribution in [1.82, 2.24) is 4.98 Å². The van der Waals surface area contributed by atoms with E-state index in [1.807, 2.05) is 19.9 Å². The molecular formula is C10H16N2OS. The molecule has 0 amide bonds. The summed E-state index contributed by atoms with van der Waals surface area (Å²) in [5.41, 5.74) is 7.54. The summed E-state index contributed by atoms with van der Waals surface area (Å²) in [4.78, 5) is 4.23. The van der Waals surface area contributed by atoms with Gasteiger partial charge in [-0.2, -0.15) is 0 Å². The van der Waals surface area contributed by atoms with Crippen LogP contribution < -0.4 is 5.73 Å². The molecule has 2 atom stereocenters. The molecule has 0 fully saturated rings. The van der Waals surface area contributed by atoms with Gasteiger partial charge in [0.1, 0.15) is 5.03 Å². The Morgan fingerprint density at radius 3 is 2.64 bits per heavy atom. The summed E-state index contributed by atoms with van der Waals surface area (Å²) in [5.74, 6) is 0. The zero-order chi connectivity index (χ0) is 10.7. The quantitative estimate of drug-likeness (QED) is 0.750. The first kappa shape index (κ1) is 11.3. The van der Waals surface area contributed by atoms with Crippen LogP contribution in [0.1, 0.15) is 19.4 Å². The van der Waals surface area contributed by atoms with Crippen LogP contribution >= 0.6 is 11.8 Å². The van der Waals surface area contributed by atoms with Gasteiger partial charge in [-0.05, 0) is 25.5 Å². The third-order valence-electron chi connectivity index (χ3n) is 1.99. The second-order valence-corrected chi connectivity index (χ2v) is 4.84. The largest absolute Gasteiger partial charge is 0.397 e. The minimum absolute atomic E-state index is 0.104. The Morgan fingerprint density at radius 1 is 1.50 bits per heavy atom. The molecule has 0 aliphatic rings. The second kappa shape index (κ2) is 4.66. The smallest absolute Gasteiger partial charge is 0.119 e. The fourth-order valence-electron chi connectivity index (χ4n) is 0.952. The fourth-order valence-corrected chi connectivity index (χ4v) is 1.81. The normalized spacial score (nSPS) is 15.1. The van der Waals surface area contributed by atoms with E-state index in [4.69, 9.17) is 5.73 Å². The maximum atomic E-state index is 9.34. The minimum atomic E-state index is -0.359. The minimum Gasteiger partial charge on any atom is -0.397 e. The van der Waals surface area contributed by atoms with Crippen molar-refractivity contribution in [2.75, 3.05) is 5.73 Å². The van der Waals surface area contributed by atoms with E-state index in [0.29, 0.717) is 5.69 Å². The van der Waals surface area contributed by atoms with Crippen LogP contribution in [0.3, 0.4) is 0 Å². The number of nitrogens with zero attached hydrogens (tertiary/aromatic N) is 1. The number of aromatic nitrogens is 1. The van der Waals surface area contributed by atoms with Crippen LogP contribution in [-0.2, 0) is 0 Å². The monoisotopic (exact) mass is 212 g/mol. The molecule has 0 aromatic carbocycles. The summed E-state index contributed by atoms with van der Waals surface area (Å²) in [6.45, 7) is 5.67. The highest BCUT2D eigenvalue weighted by Gasteiger charge is 2.12. The molecular weight excluding hydrogens is 196 g/mol. The van der Waals surface area contributed by atoms with Gasteiger partial charge in [0, 0.05) is 11.4 Å². The van der Waals surface area contributed by atoms with Crippen molar-refractivity contribution in [3.05, 3.63) is 17.8 Å². The number of hydrogen-bond donors (Lipinski definition) is 2. The number of nitrogens with two attached hydrogens (primary N) is 1. The molecule has 14 heavy (non-hydrogen) atoms. The van der Waals surface area contributed by atoms with Gasteiger partial charge in [-0.25, -0.2) is 4.98 Å². The van der Waals surface area contributed by atoms with Gasteiger partial charge >= 0.3 is 0 Å². The Hall–Kier alpha value is -0.740. The lowest BCUT2D eigenvalue weighted by Crippen LogP contribution is -2.15. The number of nitrogen functional groups attached to an aromatic ring is 1. The van der Waals surface area contributed by atoms with E-state index in [1.165, 1.54) is 11.8 Å². The molecule has 0 saturated heterocycles. The van der Waals surface area contributed by atoms with Gasteiger partial charge in [0.2, 0.25) is 0 Å². The lowest BCUT2D eigenvalue weighted by atomic mass is 10.3. The van der Waals surface area contributed by atoms with Gasteiger partial charge in [-0.15, -0.1) is 0 Å². The third kappa shape index (κ3) is 2.89. The summed E-state index contributed by atoms with van der Waals surface area (Å²) < 4.78 is 0. The van der Waals surface area contributed by atoms with Crippen LogP contribution in [0.2, 0.25) is 0 Å². The first-order valence-corrected chi connectivity index (χ1v) is 5.45. The van der Waals surface area contributed by atoms with Gasteiger partial charge in [0.05, 0.1) is 11.8 Å². The average molecular weight is 212 g/mol. The SMILES string of the molecule is Cc1cnc(SC(C)C(C)O)c(N)c1. The molecule has 4 heteroatoms. The van der Waals surface area contributed by atoms with Crippen molar-refractivity contribution < 1.29 is 5.11 Å². The third-order valence-corrected chi connectivity index (χ3v) is 3.32. The highest BCUT2D eigenvalue weighted by Crippen LogP contribution is 2.28. The van der Waals surface area contributed by atoms with Crippen molar-refractivity contribution in [2.24, 2.45) is 0 Å². The number of pyridine rings is 1. The van der Waals surface area contributed by atoms with E-state index >= 15 is 0 Å². The standard InChI is InChI=1S/C10H16N2OS/c1-6-4-9(11)10(12-5-6)14-8(3)7(2)13/h4-5,7-8,13H,11H2,1-3H3. The highest BCUT2D eigenvalue weighted by atomic mass is 32.2. The molecule has 0 aliphatic heterocycles. The average Bonchev–Trinajstić information content (AvgIpc) is 2.09. The Kier molecular flexibility index (Phi) is 3.77. The van der Waals surface area contributed by atoms with E-state index in [9.17, 15) is 5.11 Å². The van der Waals surface area contributed by atoms with Gasteiger partial charge in [-0.3, -0.25) is 0 Å². The molecule has 2 unspecified atom stereocenters. The number of thioether (sulfide) groups is 1. The van der Waals surface area contributed by atoms with Crippen LogP contribution in [0.15, 0.2) is 17.3 Å². The van der Waals surface area contributed by atoms with Crippen molar-refractivity contribution >= 4 is 17.4 Å². The van der Waals surface area contributed by atoms with Crippen LogP contribution in [0.25, 0.3) is 0 Å². The lowest BCUT2D eigenvalue weighted by Gasteiger charge is -2.14. The van der Waals surface area contributed by atoms with E-state index in [2.05, 4.69) is 4.98 Å². The number of anilines is 1. The molecule has 0 radical (unpaired) electrons. The molecule has 78 valence electrons. The molecule has 1 aromatic rings. The zero-order valence-electron chi connectivity index (χ0n) is 8.69. The number of aliphatic hydroxyl groups excluding tert-OH is 1. The van der Waals surface area contributed by atoms with Gasteiger partial charge < -0.3 is 10.8 Å².